The SMILES string of the molecule is O=CO/C=C/c1cc(/C=C/C(=O)O)cc(C(=O)O)c1. The third-order valence-electron chi connectivity index (χ3n) is 2.04. The first-order valence-corrected chi connectivity index (χ1v) is 5.08. The van der Waals surface area contributed by atoms with Gasteiger partial charge in [-0.2, -0.15) is 0 Å². The van der Waals surface area contributed by atoms with Crippen molar-refractivity contribution < 1.29 is 29.3 Å². The van der Waals surface area contributed by atoms with Crippen LogP contribution >= 0.6 is 0 Å². The van der Waals surface area contributed by atoms with Crippen LogP contribution in [0.3, 0.4) is 0 Å². The van der Waals surface area contributed by atoms with Crippen LogP contribution in [-0.2, 0) is 14.3 Å². The molecule has 6 heteroatoms. The Labute approximate surface area is 108 Å². The van der Waals surface area contributed by atoms with Crippen LogP contribution in [0.25, 0.3) is 12.2 Å². The zero-order valence-corrected chi connectivity index (χ0v) is 9.65. The molecule has 0 bridgehead atoms. The molecule has 6 nitrogen and oxygen atoms in total. The van der Waals surface area contributed by atoms with Crippen molar-refractivity contribution in [3.8, 4) is 0 Å². The molecule has 0 aliphatic rings. The van der Waals surface area contributed by atoms with Crippen molar-refractivity contribution in [2.24, 2.45) is 0 Å². The summed E-state index contributed by atoms with van der Waals surface area (Å²) in [6, 6.07) is 4.25. The molecule has 2 N–H and O–H groups in total. The van der Waals surface area contributed by atoms with Gasteiger partial charge in [-0.3, -0.25) is 4.79 Å². The van der Waals surface area contributed by atoms with Crippen molar-refractivity contribution in [1.29, 1.82) is 0 Å². The summed E-state index contributed by atoms with van der Waals surface area (Å²) in [5, 5.41) is 17.5. The minimum Gasteiger partial charge on any atom is -0.478 e. The molecule has 0 fully saturated rings. The highest BCUT2D eigenvalue weighted by atomic mass is 16.5. The minimum atomic E-state index is -1.14. The van der Waals surface area contributed by atoms with E-state index in [9.17, 15) is 14.4 Å². The Morgan fingerprint density at radius 1 is 1.05 bits per heavy atom. The van der Waals surface area contributed by atoms with Crippen LogP contribution in [0.15, 0.2) is 30.5 Å². The number of carbonyl (C=O) groups excluding carboxylic acids is 1. The summed E-state index contributed by atoms with van der Waals surface area (Å²) in [5.41, 5.74) is 0.873. The van der Waals surface area contributed by atoms with Gasteiger partial charge >= 0.3 is 11.9 Å². The number of aliphatic carboxylic acids is 1. The maximum atomic E-state index is 10.9. The topological polar surface area (TPSA) is 101 Å². The predicted molar refractivity (Wildman–Crippen MR) is 66.3 cm³/mol. The number of rotatable bonds is 6. The van der Waals surface area contributed by atoms with E-state index in [-0.39, 0.29) is 12.0 Å². The highest BCUT2D eigenvalue weighted by Crippen LogP contribution is 2.14. The standard InChI is InChI=1S/C13H10O6/c14-8-19-4-3-10-5-9(1-2-12(15)16)6-11(7-10)13(17)18/h1-8H,(H,15,16)(H,17,18)/b2-1+,4-3+. The number of carboxylic acids is 2. The summed E-state index contributed by atoms with van der Waals surface area (Å²) in [7, 11) is 0. The largest absolute Gasteiger partial charge is 0.478 e. The Hall–Kier alpha value is -2.89. The highest BCUT2D eigenvalue weighted by Gasteiger charge is 2.05. The maximum absolute atomic E-state index is 10.9. The van der Waals surface area contributed by atoms with Crippen LogP contribution in [-0.4, -0.2) is 28.6 Å². The van der Waals surface area contributed by atoms with E-state index in [1.807, 2.05) is 0 Å². The van der Waals surface area contributed by atoms with Crippen molar-refractivity contribution >= 4 is 30.6 Å². The average Bonchev–Trinajstić information content (AvgIpc) is 2.36. The van der Waals surface area contributed by atoms with Gasteiger partial charge in [-0.05, 0) is 41.5 Å². The van der Waals surface area contributed by atoms with Gasteiger partial charge in [-0.1, -0.05) is 0 Å². The molecule has 0 amide bonds. The quantitative estimate of drug-likeness (QED) is 0.459. The van der Waals surface area contributed by atoms with E-state index in [0.717, 1.165) is 12.3 Å². The fourth-order valence-corrected chi connectivity index (χ4v) is 1.31. The van der Waals surface area contributed by atoms with Gasteiger partial charge in [0.1, 0.15) is 0 Å². The molecule has 0 spiro atoms. The monoisotopic (exact) mass is 262 g/mol. The first-order valence-electron chi connectivity index (χ1n) is 5.08. The third-order valence-corrected chi connectivity index (χ3v) is 2.04. The van der Waals surface area contributed by atoms with Crippen LogP contribution in [0, 0.1) is 0 Å². The van der Waals surface area contributed by atoms with Gasteiger partial charge in [0, 0.05) is 6.08 Å². The molecule has 1 aromatic carbocycles. The van der Waals surface area contributed by atoms with Crippen molar-refractivity contribution in [3.63, 3.8) is 0 Å². The normalized spacial score (nSPS) is 10.7. The first-order chi connectivity index (χ1) is 9.02. The number of aromatic carboxylic acids is 1. The Balaban J connectivity index is 3.13. The number of carboxylic acid groups (broad SMARTS) is 2. The second-order valence-corrected chi connectivity index (χ2v) is 3.40. The molecule has 0 aromatic heterocycles. The summed E-state index contributed by atoms with van der Waals surface area (Å²) < 4.78 is 4.36. The van der Waals surface area contributed by atoms with Crippen molar-refractivity contribution in [2.45, 2.75) is 0 Å². The number of carbonyl (C=O) groups is 3. The lowest BCUT2D eigenvalue weighted by molar-refractivity contribution is -0.131. The zero-order chi connectivity index (χ0) is 14.3. The van der Waals surface area contributed by atoms with Crippen molar-refractivity contribution in [3.05, 3.63) is 47.2 Å². The van der Waals surface area contributed by atoms with Crippen LogP contribution in [0.4, 0.5) is 0 Å². The second kappa shape index (κ2) is 6.75. The molecule has 0 radical (unpaired) electrons. The number of ether oxygens (including phenoxy) is 1. The Bertz CT molecular complexity index is 556. The van der Waals surface area contributed by atoms with E-state index < -0.39 is 11.9 Å². The smallest absolute Gasteiger partial charge is 0.335 e. The number of hydrogen-bond acceptors (Lipinski definition) is 4. The third kappa shape index (κ3) is 4.86. The summed E-state index contributed by atoms with van der Waals surface area (Å²) in [6.07, 6.45) is 4.65. The Morgan fingerprint density at radius 3 is 2.21 bits per heavy atom. The Kier molecular flexibility index (Phi) is 5.04. The predicted octanol–water partition coefficient (Wildman–Crippen LogP) is 1.63. The van der Waals surface area contributed by atoms with E-state index in [0.29, 0.717) is 11.1 Å². The highest BCUT2D eigenvalue weighted by molar-refractivity contribution is 5.90. The zero-order valence-electron chi connectivity index (χ0n) is 9.65. The van der Waals surface area contributed by atoms with Gasteiger partial charge in [0.25, 0.3) is 6.47 Å². The molecule has 1 rings (SSSR count). The fourth-order valence-electron chi connectivity index (χ4n) is 1.31. The number of hydrogen-bond donors (Lipinski definition) is 2. The van der Waals surface area contributed by atoms with Gasteiger partial charge in [-0.25, -0.2) is 9.59 Å². The van der Waals surface area contributed by atoms with E-state index in [2.05, 4.69) is 4.74 Å². The molecular weight excluding hydrogens is 252 g/mol. The summed E-state index contributed by atoms with van der Waals surface area (Å²) in [5.74, 6) is -2.28. The molecule has 0 aliphatic carbocycles. The molecule has 0 unspecified atom stereocenters. The van der Waals surface area contributed by atoms with Gasteiger partial charge in [0.2, 0.25) is 0 Å². The van der Waals surface area contributed by atoms with Crippen LogP contribution in [0.2, 0.25) is 0 Å². The van der Waals surface area contributed by atoms with E-state index in [1.54, 1.807) is 6.07 Å². The van der Waals surface area contributed by atoms with Crippen molar-refractivity contribution in [1.82, 2.24) is 0 Å². The Morgan fingerprint density at radius 2 is 1.68 bits per heavy atom. The fraction of sp³-hybridized carbons (Fsp3) is 0. The molecule has 98 valence electrons. The first kappa shape index (κ1) is 14.2. The minimum absolute atomic E-state index is 0.00158. The summed E-state index contributed by atoms with van der Waals surface area (Å²) >= 11 is 0. The lowest BCUT2D eigenvalue weighted by Gasteiger charge is -2.01. The molecule has 0 heterocycles. The molecule has 19 heavy (non-hydrogen) atoms. The van der Waals surface area contributed by atoms with E-state index in [4.69, 9.17) is 10.2 Å². The summed E-state index contributed by atoms with van der Waals surface area (Å²) in [6.45, 7) is 0.225. The second-order valence-electron chi connectivity index (χ2n) is 3.40. The maximum Gasteiger partial charge on any atom is 0.335 e. The van der Waals surface area contributed by atoms with Crippen LogP contribution < -0.4 is 0 Å². The molecule has 0 aliphatic heterocycles. The van der Waals surface area contributed by atoms with Crippen LogP contribution in [0.1, 0.15) is 21.5 Å². The molecule has 0 atom stereocenters. The average molecular weight is 262 g/mol. The van der Waals surface area contributed by atoms with E-state index in [1.165, 1.54) is 24.3 Å². The molecule has 0 saturated heterocycles. The van der Waals surface area contributed by atoms with Gasteiger partial charge in [0.15, 0.2) is 0 Å². The van der Waals surface area contributed by atoms with Crippen molar-refractivity contribution in [2.75, 3.05) is 0 Å². The summed E-state index contributed by atoms with van der Waals surface area (Å²) in [4.78, 5) is 31.3. The lowest BCUT2D eigenvalue weighted by atomic mass is 10.1. The molecule has 1 aromatic rings. The molecule has 0 saturated carbocycles. The number of benzene rings is 1. The van der Waals surface area contributed by atoms with Gasteiger partial charge in [-0.15, -0.1) is 0 Å². The van der Waals surface area contributed by atoms with Gasteiger partial charge < -0.3 is 14.9 Å². The van der Waals surface area contributed by atoms with Gasteiger partial charge in [0.05, 0.1) is 11.8 Å². The van der Waals surface area contributed by atoms with Crippen LogP contribution in [0.5, 0.6) is 0 Å². The lowest BCUT2D eigenvalue weighted by Crippen LogP contribution is -1.97. The molecular formula is C13H10O6. The van der Waals surface area contributed by atoms with E-state index >= 15 is 0 Å².